The number of methoxy groups -OCH3 is 1. The standard InChI is InChI=1S/C30H48O9/c1-9-21-13-24(39-25(14-21)19(5)29(34)35)16(2)15-30(7,36)11-10-23(37-8)18(4)26(32)20(6)27(33)28-22(31)12-17(3)38-28/h12-13,15,18-20,23-28,32-33,36H,9-11,14H2,1-8H3,(H,34,35)/b16-15+. The maximum atomic E-state index is 12.1. The van der Waals surface area contributed by atoms with Crippen LogP contribution in [0.25, 0.3) is 0 Å². The number of hydrogen-bond donors (Lipinski definition) is 4. The minimum atomic E-state index is -1.21. The highest BCUT2D eigenvalue weighted by Gasteiger charge is 2.41. The Balaban J connectivity index is 2.05. The molecule has 0 saturated carbocycles. The maximum Gasteiger partial charge on any atom is 0.308 e. The molecule has 9 heteroatoms. The predicted octanol–water partition coefficient (Wildman–Crippen LogP) is 3.56. The molecule has 222 valence electrons. The number of carboxylic acid groups (broad SMARTS) is 1. The quantitative estimate of drug-likeness (QED) is 0.238. The zero-order valence-corrected chi connectivity index (χ0v) is 24.6. The maximum absolute atomic E-state index is 12.1. The Hall–Kier alpha value is -2.04. The number of ketones is 1. The Kier molecular flexibility index (Phi) is 11.9. The lowest BCUT2D eigenvalue weighted by Crippen LogP contribution is -2.46. The van der Waals surface area contributed by atoms with Gasteiger partial charge in [-0.2, -0.15) is 0 Å². The molecule has 2 aliphatic rings. The zero-order chi connectivity index (χ0) is 29.7. The van der Waals surface area contributed by atoms with Crippen molar-refractivity contribution in [1.29, 1.82) is 0 Å². The van der Waals surface area contributed by atoms with Crippen molar-refractivity contribution in [3.63, 3.8) is 0 Å². The minimum absolute atomic E-state index is 0.320. The van der Waals surface area contributed by atoms with Crippen LogP contribution in [-0.2, 0) is 23.8 Å². The van der Waals surface area contributed by atoms with E-state index in [0.717, 1.165) is 17.6 Å². The third kappa shape index (κ3) is 8.72. The summed E-state index contributed by atoms with van der Waals surface area (Å²) in [6, 6.07) is 0. The van der Waals surface area contributed by atoms with Gasteiger partial charge >= 0.3 is 5.97 Å². The van der Waals surface area contributed by atoms with Crippen molar-refractivity contribution >= 4 is 11.8 Å². The fourth-order valence-electron chi connectivity index (χ4n) is 5.43. The molecule has 0 aliphatic carbocycles. The van der Waals surface area contributed by atoms with Crippen LogP contribution in [0.4, 0.5) is 0 Å². The van der Waals surface area contributed by atoms with Crippen LogP contribution in [0, 0.1) is 17.8 Å². The smallest absolute Gasteiger partial charge is 0.308 e. The first-order valence-electron chi connectivity index (χ1n) is 13.9. The Labute approximate surface area is 232 Å². The van der Waals surface area contributed by atoms with Gasteiger partial charge in [-0.3, -0.25) is 9.59 Å². The summed E-state index contributed by atoms with van der Waals surface area (Å²) in [6.07, 6.45) is 2.74. The fourth-order valence-corrected chi connectivity index (χ4v) is 5.43. The van der Waals surface area contributed by atoms with Crippen LogP contribution in [-0.4, -0.2) is 81.5 Å². The van der Waals surface area contributed by atoms with Gasteiger partial charge in [-0.15, -0.1) is 0 Å². The summed E-state index contributed by atoms with van der Waals surface area (Å²) >= 11 is 0. The molecule has 10 atom stereocenters. The van der Waals surface area contributed by atoms with Gasteiger partial charge in [0.2, 0.25) is 5.78 Å². The number of allylic oxidation sites excluding steroid dienone is 1. The monoisotopic (exact) mass is 552 g/mol. The SMILES string of the molecule is CCC1=CC(/C(C)=C/C(C)(O)CCC(OC)C(C)C(O)C(C)C(O)C2OC(C)=CC2=O)OC(C(C)C(=O)O)C1. The summed E-state index contributed by atoms with van der Waals surface area (Å²) < 4.78 is 17.2. The van der Waals surface area contributed by atoms with Gasteiger partial charge in [0.05, 0.1) is 41.7 Å². The molecule has 0 spiro atoms. The average Bonchev–Trinajstić information content (AvgIpc) is 3.23. The van der Waals surface area contributed by atoms with Gasteiger partial charge < -0.3 is 34.6 Å². The predicted molar refractivity (Wildman–Crippen MR) is 147 cm³/mol. The van der Waals surface area contributed by atoms with Gasteiger partial charge in [-0.25, -0.2) is 0 Å². The molecule has 0 aromatic heterocycles. The van der Waals surface area contributed by atoms with E-state index in [4.69, 9.17) is 14.2 Å². The van der Waals surface area contributed by atoms with E-state index < -0.39 is 65.9 Å². The second kappa shape index (κ2) is 14.0. The van der Waals surface area contributed by atoms with E-state index in [1.165, 1.54) is 6.08 Å². The Morgan fingerprint density at radius 2 is 1.90 bits per heavy atom. The van der Waals surface area contributed by atoms with E-state index >= 15 is 0 Å². The topological polar surface area (TPSA) is 143 Å². The summed E-state index contributed by atoms with van der Waals surface area (Å²) in [6.45, 7) is 12.4. The second-order valence-corrected chi connectivity index (χ2v) is 11.6. The molecule has 0 fully saturated rings. The van der Waals surface area contributed by atoms with Gasteiger partial charge in [0.15, 0.2) is 6.10 Å². The lowest BCUT2D eigenvalue weighted by Gasteiger charge is -2.35. The van der Waals surface area contributed by atoms with Crippen molar-refractivity contribution < 1.29 is 44.2 Å². The van der Waals surface area contributed by atoms with Crippen LogP contribution in [0.15, 0.2) is 35.1 Å². The Morgan fingerprint density at radius 3 is 2.41 bits per heavy atom. The number of aliphatic hydroxyl groups excluding tert-OH is 2. The second-order valence-electron chi connectivity index (χ2n) is 11.6. The molecule has 0 aromatic carbocycles. The number of ether oxygens (including phenoxy) is 3. The van der Waals surface area contributed by atoms with Gasteiger partial charge in [0.25, 0.3) is 0 Å². The fraction of sp³-hybridized carbons (Fsp3) is 0.733. The number of carbonyl (C=O) groups excluding carboxylic acids is 1. The van der Waals surface area contributed by atoms with Crippen LogP contribution < -0.4 is 0 Å². The van der Waals surface area contributed by atoms with E-state index in [1.54, 1.807) is 40.9 Å². The number of aliphatic carboxylic acids is 1. The van der Waals surface area contributed by atoms with Crippen LogP contribution in [0.3, 0.4) is 0 Å². The van der Waals surface area contributed by atoms with Crippen molar-refractivity contribution in [1.82, 2.24) is 0 Å². The molecule has 39 heavy (non-hydrogen) atoms. The lowest BCUT2D eigenvalue weighted by molar-refractivity contribution is -0.147. The highest BCUT2D eigenvalue weighted by molar-refractivity contribution is 5.96. The minimum Gasteiger partial charge on any atom is -0.484 e. The van der Waals surface area contributed by atoms with Gasteiger partial charge in [0, 0.05) is 25.0 Å². The third-order valence-electron chi connectivity index (χ3n) is 8.25. The molecule has 9 nitrogen and oxygen atoms in total. The number of rotatable bonds is 14. The molecule has 2 aliphatic heterocycles. The Morgan fingerprint density at radius 1 is 1.26 bits per heavy atom. The Bertz CT molecular complexity index is 950. The summed E-state index contributed by atoms with van der Waals surface area (Å²) in [5, 5.41) is 42.4. The van der Waals surface area contributed by atoms with E-state index in [9.17, 15) is 30.0 Å². The first-order valence-corrected chi connectivity index (χ1v) is 13.9. The summed E-state index contributed by atoms with van der Waals surface area (Å²) in [4.78, 5) is 23.6. The number of carbonyl (C=O) groups is 2. The van der Waals surface area contributed by atoms with Gasteiger partial charge in [-0.05, 0) is 59.0 Å². The molecular formula is C30H48O9. The first-order chi connectivity index (χ1) is 18.1. The number of carboxylic acids is 1. The van der Waals surface area contributed by atoms with Crippen molar-refractivity contribution in [2.45, 2.75) is 116 Å². The zero-order valence-electron chi connectivity index (χ0n) is 24.6. The van der Waals surface area contributed by atoms with E-state index in [1.807, 2.05) is 26.8 Å². The lowest BCUT2D eigenvalue weighted by atomic mass is 9.81. The molecule has 2 rings (SSSR count). The summed E-state index contributed by atoms with van der Waals surface area (Å²) in [5.74, 6) is -2.49. The molecule has 2 heterocycles. The molecule has 0 radical (unpaired) electrons. The summed E-state index contributed by atoms with van der Waals surface area (Å²) in [5.41, 5.74) is 0.710. The van der Waals surface area contributed by atoms with Gasteiger partial charge in [0.1, 0.15) is 6.10 Å². The van der Waals surface area contributed by atoms with Gasteiger partial charge in [-0.1, -0.05) is 38.5 Å². The van der Waals surface area contributed by atoms with E-state index in [-0.39, 0.29) is 5.78 Å². The average molecular weight is 553 g/mol. The highest BCUT2D eigenvalue weighted by Crippen LogP contribution is 2.32. The van der Waals surface area contributed by atoms with Crippen LogP contribution in [0.5, 0.6) is 0 Å². The highest BCUT2D eigenvalue weighted by atomic mass is 16.5. The van der Waals surface area contributed by atoms with Crippen molar-refractivity contribution in [3.05, 3.63) is 35.1 Å². The third-order valence-corrected chi connectivity index (χ3v) is 8.25. The van der Waals surface area contributed by atoms with Crippen LogP contribution in [0.1, 0.15) is 74.1 Å². The molecule has 4 N–H and O–H groups in total. The summed E-state index contributed by atoms with van der Waals surface area (Å²) in [7, 11) is 1.54. The molecule has 0 amide bonds. The van der Waals surface area contributed by atoms with Crippen molar-refractivity contribution in [3.8, 4) is 0 Å². The number of hydrogen-bond acceptors (Lipinski definition) is 8. The van der Waals surface area contributed by atoms with Crippen LogP contribution >= 0.6 is 0 Å². The van der Waals surface area contributed by atoms with Crippen LogP contribution in [0.2, 0.25) is 0 Å². The number of aliphatic hydroxyl groups is 3. The van der Waals surface area contributed by atoms with E-state index in [0.29, 0.717) is 25.0 Å². The molecule has 10 unspecified atom stereocenters. The molecule has 0 bridgehead atoms. The molecule has 0 aromatic rings. The normalized spacial score (nSPS) is 28.3. The molecule has 0 saturated heterocycles. The molecular weight excluding hydrogens is 504 g/mol. The van der Waals surface area contributed by atoms with Crippen molar-refractivity contribution in [2.24, 2.45) is 17.8 Å². The largest absolute Gasteiger partial charge is 0.484 e. The first kappa shape index (κ1) is 33.2. The van der Waals surface area contributed by atoms with E-state index in [2.05, 4.69) is 0 Å². The van der Waals surface area contributed by atoms with Crippen molar-refractivity contribution in [2.75, 3.05) is 7.11 Å².